The summed E-state index contributed by atoms with van der Waals surface area (Å²) in [7, 11) is 0. The third-order valence-electron chi connectivity index (χ3n) is 4.86. The lowest BCUT2D eigenvalue weighted by Crippen LogP contribution is -2.05. The molecule has 0 spiro atoms. The number of rotatable bonds is 4. The van der Waals surface area contributed by atoms with Crippen molar-refractivity contribution in [2.75, 3.05) is 11.9 Å². The zero-order chi connectivity index (χ0) is 14.8. The first-order chi connectivity index (χ1) is 10.9. The molecule has 0 unspecified atom stereocenters. The monoisotopic (exact) mass is 293 g/mol. The average Bonchev–Trinajstić information content (AvgIpc) is 3.22. The predicted molar refractivity (Wildman–Crippen MR) is 92.2 cm³/mol. The third kappa shape index (κ3) is 2.80. The van der Waals surface area contributed by atoms with Crippen LogP contribution in [0.3, 0.4) is 0 Å². The van der Waals surface area contributed by atoms with Gasteiger partial charge in [0.1, 0.15) is 5.82 Å². The second-order valence-electron chi connectivity index (χ2n) is 6.48. The van der Waals surface area contributed by atoms with Crippen LogP contribution in [-0.2, 0) is 0 Å². The Kier molecular flexibility index (Phi) is 3.71. The van der Waals surface area contributed by atoms with E-state index in [-0.39, 0.29) is 0 Å². The van der Waals surface area contributed by atoms with E-state index >= 15 is 0 Å². The molecule has 4 rings (SSSR count). The molecule has 0 atom stereocenters. The highest BCUT2D eigenvalue weighted by Crippen LogP contribution is 2.33. The molecule has 0 amide bonds. The van der Waals surface area contributed by atoms with Crippen LogP contribution in [0.1, 0.15) is 50.3 Å². The number of nitrogens with one attached hydrogen (secondary N) is 2. The average molecular weight is 293 g/mol. The van der Waals surface area contributed by atoms with Crippen molar-refractivity contribution < 1.29 is 0 Å². The van der Waals surface area contributed by atoms with E-state index in [0.717, 1.165) is 24.0 Å². The Morgan fingerprint density at radius 1 is 1.23 bits per heavy atom. The van der Waals surface area contributed by atoms with Gasteiger partial charge in [0.15, 0.2) is 0 Å². The minimum absolute atomic E-state index is 0.642. The summed E-state index contributed by atoms with van der Waals surface area (Å²) in [6.07, 6.45) is 14.2. The Morgan fingerprint density at radius 3 is 2.95 bits per heavy atom. The Labute approximate surface area is 131 Å². The van der Waals surface area contributed by atoms with Crippen LogP contribution in [0.2, 0.25) is 0 Å². The topological polar surface area (TPSA) is 40.7 Å². The van der Waals surface area contributed by atoms with Crippen LogP contribution in [0.5, 0.6) is 0 Å². The van der Waals surface area contributed by atoms with Crippen molar-refractivity contribution in [3.8, 4) is 0 Å². The van der Waals surface area contributed by atoms with Gasteiger partial charge in [0.05, 0.1) is 11.0 Å². The summed E-state index contributed by atoms with van der Waals surface area (Å²) in [6.45, 7) is 0.930. The Hall–Kier alpha value is -2.03. The van der Waals surface area contributed by atoms with E-state index in [2.05, 4.69) is 46.7 Å². The molecule has 114 valence electrons. The number of H-pyrrole nitrogens is 1. The first-order valence-electron chi connectivity index (χ1n) is 8.46. The number of aromatic amines is 1. The minimum Gasteiger partial charge on any atom is -0.381 e. The van der Waals surface area contributed by atoms with Crippen molar-refractivity contribution in [3.63, 3.8) is 0 Å². The fourth-order valence-corrected chi connectivity index (χ4v) is 3.55. The van der Waals surface area contributed by atoms with Gasteiger partial charge in [-0.1, -0.05) is 36.6 Å². The van der Waals surface area contributed by atoms with E-state index in [1.54, 1.807) is 0 Å². The molecule has 1 saturated carbocycles. The predicted octanol–water partition coefficient (Wildman–Crippen LogP) is 4.91. The highest BCUT2D eigenvalue weighted by Gasteiger charge is 2.20. The molecule has 2 N–H and O–H groups in total. The van der Waals surface area contributed by atoms with Gasteiger partial charge >= 0.3 is 0 Å². The minimum atomic E-state index is 0.642. The number of hydrogen-bond acceptors (Lipinski definition) is 2. The molecule has 0 bridgehead atoms. The van der Waals surface area contributed by atoms with Gasteiger partial charge < -0.3 is 10.3 Å². The van der Waals surface area contributed by atoms with Crippen molar-refractivity contribution >= 4 is 16.7 Å². The normalized spacial score (nSPS) is 18.8. The van der Waals surface area contributed by atoms with E-state index in [1.165, 1.54) is 49.2 Å². The zero-order valence-electron chi connectivity index (χ0n) is 12.9. The first kappa shape index (κ1) is 13.6. The summed E-state index contributed by atoms with van der Waals surface area (Å²) in [5.74, 6) is 1.83. The fraction of sp³-hybridized carbons (Fsp3) is 0.421. The second kappa shape index (κ2) is 5.99. The van der Waals surface area contributed by atoms with Crippen LogP contribution < -0.4 is 5.32 Å². The van der Waals surface area contributed by atoms with Crippen LogP contribution in [0.25, 0.3) is 11.0 Å². The summed E-state index contributed by atoms with van der Waals surface area (Å²) < 4.78 is 0. The SMILES string of the molecule is C1=CCCC(CNc2ccc3nc(C4CCCC4)[nH]c3c2)=C1. The number of anilines is 1. The Balaban J connectivity index is 1.50. The Morgan fingerprint density at radius 2 is 2.14 bits per heavy atom. The van der Waals surface area contributed by atoms with Crippen molar-refractivity contribution in [1.82, 2.24) is 9.97 Å². The molecule has 22 heavy (non-hydrogen) atoms. The summed E-state index contributed by atoms with van der Waals surface area (Å²) in [4.78, 5) is 8.32. The van der Waals surface area contributed by atoms with Gasteiger partial charge in [-0.25, -0.2) is 4.98 Å². The number of hydrogen-bond donors (Lipinski definition) is 2. The van der Waals surface area contributed by atoms with E-state index in [0.29, 0.717) is 5.92 Å². The summed E-state index contributed by atoms with van der Waals surface area (Å²) in [5.41, 5.74) is 4.89. The standard InChI is InChI=1S/C19H23N3/c1-2-6-14(7-3-1)13-20-16-10-11-17-18(12-16)22-19(21-17)15-8-4-5-9-15/h1-2,6,10-12,15,20H,3-5,7-9,13H2,(H,21,22). The molecule has 1 aromatic heterocycles. The zero-order valence-corrected chi connectivity index (χ0v) is 12.9. The highest BCUT2D eigenvalue weighted by atomic mass is 14.9. The molecule has 1 heterocycles. The van der Waals surface area contributed by atoms with E-state index in [1.807, 2.05) is 0 Å². The molecule has 2 aliphatic rings. The number of aromatic nitrogens is 2. The number of allylic oxidation sites excluding steroid dienone is 3. The first-order valence-corrected chi connectivity index (χ1v) is 8.46. The maximum atomic E-state index is 4.78. The molecule has 3 nitrogen and oxygen atoms in total. The van der Waals surface area contributed by atoms with Crippen LogP contribution in [0.15, 0.2) is 42.0 Å². The molecule has 3 heteroatoms. The lowest BCUT2D eigenvalue weighted by atomic mass is 10.1. The Bertz CT molecular complexity index is 717. The summed E-state index contributed by atoms with van der Waals surface area (Å²) >= 11 is 0. The van der Waals surface area contributed by atoms with Gasteiger partial charge in [-0.3, -0.25) is 0 Å². The largest absolute Gasteiger partial charge is 0.381 e. The van der Waals surface area contributed by atoms with Gasteiger partial charge in [0.25, 0.3) is 0 Å². The maximum Gasteiger partial charge on any atom is 0.110 e. The number of nitrogens with zero attached hydrogens (tertiary/aromatic N) is 1. The molecule has 1 fully saturated rings. The number of fused-ring (bicyclic) bond motifs is 1. The lowest BCUT2D eigenvalue weighted by Gasteiger charge is -2.11. The van der Waals surface area contributed by atoms with Gasteiger partial charge in [-0.2, -0.15) is 0 Å². The molecule has 2 aliphatic carbocycles. The van der Waals surface area contributed by atoms with Gasteiger partial charge in [0, 0.05) is 18.2 Å². The third-order valence-corrected chi connectivity index (χ3v) is 4.86. The maximum absolute atomic E-state index is 4.78. The molecular formula is C19H23N3. The molecule has 0 aliphatic heterocycles. The molecule has 0 saturated heterocycles. The van der Waals surface area contributed by atoms with Crippen molar-refractivity contribution in [1.29, 1.82) is 0 Å². The van der Waals surface area contributed by atoms with Crippen molar-refractivity contribution in [3.05, 3.63) is 47.8 Å². The smallest absolute Gasteiger partial charge is 0.110 e. The second-order valence-corrected chi connectivity index (χ2v) is 6.48. The molecule has 0 radical (unpaired) electrons. The van der Waals surface area contributed by atoms with E-state index < -0.39 is 0 Å². The molecule has 1 aromatic carbocycles. The van der Waals surface area contributed by atoms with Gasteiger partial charge in [0.2, 0.25) is 0 Å². The summed E-state index contributed by atoms with van der Waals surface area (Å²) in [5, 5.41) is 3.54. The van der Waals surface area contributed by atoms with E-state index in [9.17, 15) is 0 Å². The van der Waals surface area contributed by atoms with Crippen LogP contribution in [0, 0.1) is 0 Å². The quantitative estimate of drug-likeness (QED) is 0.841. The van der Waals surface area contributed by atoms with Gasteiger partial charge in [-0.15, -0.1) is 0 Å². The van der Waals surface area contributed by atoms with Crippen LogP contribution in [-0.4, -0.2) is 16.5 Å². The number of imidazole rings is 1. The fourth-order valence-electron chi connectivity index (χ4n) is 3.55. The van der Waals surface area contributed by atoms with Crippen LogP contribution in [0.4, 0.5) is 5.69 Å². The molecule has 2 aromatic rings. The van der Waals surface area contributed by atoms with Crippen LogP contribution >= 0.6 is 0 Å². The summed E-state index contributed by atoms with van der Waals surface area (Å²) in [6, 6.07) is 6.46. The lowest BCUT2D eigenvalue weighted by molar-refractivity contribution is 0.681. The molecular weight excluding hydrogens is 270 g/mol. The highest BCUT2D eigenvalue weighted by molar-refractivity contribution is 5.79. The van der Waals surface area contributed by atoms with Crippen molar-refractivity contribution in [2.24, 2.45) is 0 Å². The van der Waals surface area contributed by atoms with E-state index in [4.69, 9.17) is 4.98 Å². The number of benzene rings is 1. The van der Waals surface area contributed by atoms with Crippen molar-refractivity contribution in [2.45, 2.75) is 44.4 Å². The van der Waals surface area contributed by atoms with Gasteiger partial charge in [-0.05, 0) is 43.9 Å².